The van der Waals surface area contributed by atoms with Crippen LogP contribution in [0.15, 0.2) is 72.8 Å². The minimum Gasteiger partial charge on any atom is -0.322 e. The smallest absolute Gasteiger partial charge is 0.248 e. The van der Waals surface area contributed by atoms with Gasteiger partial charge in [0.15, 0.2) is 0 Å². The fourth-order valence-corrected chi connectivity index (χ4v) is 2.23. The number of nitrogens with one attached hydrogen (secondary N) is 1. The van der Waals surface area contributed by atoms with E-state index in [1.165, 1.54) is 18.2 Å². The van der Waals surface area contributed by atoms with Gasteiger partial charge in [0.2, 0.25) is 5.91 Å². The number of anilines is 1. The molecule has 0 saturated carbocycles. The minimum absolute atomic E-state index is 0.250. The van der Waals surface area contributed by atoms with Crippen LogP contribution < -0.4 is 5.32 Å². The molecule has 0 unspecified atom stereocenters. The zero-order valence-corrected chi connectivity index (χ0v) is 11.8. The average Bonchev–Trinajstić information content (AvgIpc) is 2.53. The molecule has 0 heterocycles. The lowest BCUT2D eigenvalue weighted by molar-refractivity contribution is -0.111. The molecule has 0 radical (unpaired) electrons. The number of hydrogen-bond acceptors (Lipinski definition) is 1. The summed E-state index contributed by atoms with van der Waals surface area (Å²) in [4.78, 5) is 11.9. The van der Waals surface area contributed by atoms with E-state index >= 15 is 0 Å². The first-order valence-electron chi connectivity index (χ1n) is 6.94. The number of fused-ring (bicyclic) bond motifs is 1. The molecule has 22 heavy (non-hydrogen) atoms. The number of carbonyl (C=O) groups is 1. The van der Waals surface area contributed by atoms with Gasteiger partial charge in [0.05, 0.1) is 0 Å². The number of carbonyl (C=O) groups excluding carboxylic acids is 1. The van der Waals surface area contributed by atoms with Gasteiger partial charge in [0.25, 0.3) is 0 Å². The molecule has 0 aromatic heterocycles. The van der Waals surface area contributed by atoms with Crippen LogP contribution in [-0.2, 0) is 4.79 Å². The van der Waals surface area contributed by atoms with E-state index in [1.54, 1.807) is 18.2 Å². The van der Waals surface area contributed by atoms with Crippen LogP contribution >= 0.6 is 0 Å². The summed E-state index contributed by atoms with van der Waals surface area (Å²) in [5.41, 5.74) is 1.38. The van der Waals surface area contributed by atoms with Gasteiger partial charge < -0.3 is 5.32 Å². The molecule has 3 rings (SSSR count). The maximum Gasteiger partial charge on any atom is 0.248 e. The highest BCUT2D eigenvalue weighted by molar-refractivity contribution is 6.03. The van der Waals surface area contributed by atoms with Gasteiger partial charge in [-0.15, -0.1) is 0 Å². The Balaban J connectivity index is 1.72. The number of halogens is 1. The SMILES string of the molecule is O=C(/C=C/c1cccc(F)c1)Nc1ccc2ccccc2c1. The normalized spacial score (nSPS) is 11.0. The maximum absolute atomic E-state index is 13.1. The van der Waals surface area contributed by atoms with Gasteiger partial charge in [-0.1, -0.05) is 42.5 Å². The Kier molecular flexibility index (Phi) is 3.97. The van der Waals surface area contributed by atoms with Crippen LogP contribution in [0.25, 0.3) is 16.8 Å². The maximum atomic E-state index is 13.1. The first-order chi connectivity index (χ1) is 10.7. The van der Waals surface area contributed by atoms with Crippen LogP contribution in [0, 0.1) is 5.82 Å². The Morgan fingerprint density at radius 2 is 1.73 bits per heavy atom. The molecule has 0 aliphatic rings. The van der Waals surface area contributed by atoms with Crippen LogP contribution in [0.2, 0.25) is 0 Å². The van der Waals surface area contributed by atoms with Gasteiger partial charge in [-0.3, -0.25) is 4.79 Å². The van der Waals surface area contributed by atoms with Crippen molar-refractivity contribution in [3.63, 3.8) is 0 Å². The van der Waals surface area contributed by atoms with Crippen molar-refractivity contribution in [1.29, 1.82) is 0 Å². The summed E-state index contributed by atoms with van der Waals surface area (Å²) in [5, 5.41) is 4.98. The Morgan fingerprint density at radius 1 is 0.909 bits per heavy atom. The van der Waals surface area contributed by atoms with Crippen molar-refractivity contribution in [2.24, 2.45) is 0 Å². The van der Waals surface area contributed by atoms with Gasteiger partial charge >= 0.3 is 0 Å². The van der Waals surface area contributed by atoms with Crippen molar-refractivity contribution >= 4 is 28.4 Å². The van der Waals surface area contributed by atoms with Gasteiger partial charge in [0.1, 0.15) is 5.82 Å². The fraction of sp³-hybridized carbons (Fsp3) is 0. The highest BCUT2D eigenvalue weighted by atomic mass is 19.1. The Morgan fingerprint density at radius 3 is 2.55 bits per heavy atom. The third-order valence-corrected chi connectivity index (χ3v) is 3.29. The zero-order chi connectivity index (χ0) is 15.4. The number of amides is 1. The van der Waals surface area contributed by atoms with Crippen LogP contribution in [0.4, 0.5) is 10.1 Å². The molecule has 3 aromatic rings. The molecule has 0 aliphatic carbocycles. The minimum atomic E-state index is -0.322. The number of benzene rings is 3. The number of hydrogen-bond donors (Lipinski definition) is 1. The van der Waals surface area contributed by atoms with Crippen molar-refractivity contribution in [1.82, 2.24) is 0 Å². The molecular weight excluding hydrogens is 277 g/mol. The quantitative estimate of drug-likeness (QED) is 0.700. The topological polar surface area (TPSA) is 29.1 Å². The fourth-order valence-electron chi connectivity index (χ4n) is 2.23. The lowest BCUT2D eigenvalue weighted by Crippen LogP contribution is -2.07. The first kappa shape index (κ1) is 14.0. The van der Waals surface area contributed by atoms with E-state index in [1.807, 2.05) is 42.5 Å². The zero-order valence-electron chi connectivity index (χ0n) is 11.8. The molecule has 108 valence electrons. The molecule has 2 nitrogen and oxygen atoms in total. The van der Waals surface area contributed by atoms with Crippen molar-refractivity contribution in [3.05, 3.63) is 84.2 Å². The van der Waals surface area contributed by atoms with Crippen molar-refractivity contribution in [2.75, 3.05) is 5.32 Å². The summed E-state index contributed by atoms with van der Waals surface area (Å²) in [7, 11) is 0. The molecule has 0 bridgehead atoms. The van der Waals surface area contributed by atoms with E-state index in [-0.39, 0.29) is 11.7 Å². The molecule has 3 aromatic carbocycles. The Hall–Kier alpha value is -2.94. The third kappa shape index (κ3) is 3.38. The molecule has 1 amide bonds. The largest absolute Gasteiger partial charge is 0.322 e. The van der Waals surface area contributed by atoms with Crippen molar-refractivity contribution < 1.29 is 9.18 Å². The van der Waals surface area contributed by atoms with E-state index in [2.05, 4.69) is 5.32 Å². The van der Waals surface area contributed by atoms with Crippen LogP contribution in [0.5, 0.6) is 0 Å². The average molecular weight is 291 g/mol. The van der Waals surface area contributed by atoms with Crippen LogP contribution in [0.1, 0.15) is 5.56 Å². The lowest BCUT2D eigenvalue weighted by atomic mass is 10.1. The monoisotopic (exact) mass is 291 g/mol. The van der Waals surface area contributed by atoms with E-state index in [0.717, 1.165) is 16.5 Å². The standard InChI is InChI=1S/C19H14FNO/c20-17-7-3-4-14(12-17)8-11-19(22)21-18-10-9-15-5-1-2-6-16(15)13-18/h1-13H,(H,21,22)/b11-8+. The summed E-state index contributed by atoms with van der Waals surface area (Å²) in [6, 6.07) is 19.8. The summed E-state index contributed by atoms with van der Waals surface area (Å²) in [6.07, 6.45) is 2.98. The molecular formula is C19H14FNO. The van der Waals surface area contributed by atoms with Gasteiger partial charge in [-0.25, -0.2) is 4.39 Å². The van der Waals surface area contributed by atoms with Gasteiger partial charge in [-0.2, -0.15) is 0 Å². The Bertz CT molecular complexity index is 855. The third-order valence-electron chi connectivity index (χ3n) is 3.29. The lowest BCUT2D eigenvalue weighted by Gasteiger charge is -2.04. The molecule has 0 fully saturated rings. The predicted octanol–water partition coefficient (Wildman–Crippen LogP) is 4.63. The number of rotatable bonds is 3. The summed E-state index contributed by atoms with van der Waals surface area (Å²) in [6.45, 7) is 0. The van der Waals surface area contributed by atoms with Gasteiger partial charge in [-0.05, 0) is 46.7 Å². The van der Waals surface area contributed by atoms with E-state index < -0.39 is 0 Å². The molecule has 0 aliphatic heterocycles. The summed E-state index contributed by atoms with van der Waals surface area (Å²) in [5.74, 6) is -0.573. The second-order valence-corrected chi connectivity index (χ2v) is 4.94. The van der Waals surface area contributed by atoms with E-state index in [9.17, 15) is 9.18 Å². The second-order valence-electron chi connectivity index (χ2n) is 4.94. The van der Waals surface area contributed by atoms with Crippen molar-refractivity contribution in [2.45, 2.75) is 0 Å². The Labute approximate surface area is 127 Å². The van der Waals surface area contributed by atoms with Crippen LogP contribution in [0.3, 0.4) is 0 Å². The molecule has 0 atom stereocenters. The summed E-state index contributed by atoms with van der Waals surface area (Å²) >= 11 is 0. The predicted molar refractivity (Wildman–Crippen MR) is 88.0 cm³/mol. The summed E-state index contributed by atoms with van der Waals surface area (Å²) < 4.78 is 13.1. The molecule has 0 spiro atoms. The van der Waals surface area contributed by atoms with E-state index in [4.69, 9.17) is 0 Å². The highest BCUT2D eigenvalue weighted by Gasteiger charge is 2.00. The first-order valence-corrected chi connectivity index (χ1v) is 6.94. The molecule has 1 N–H and O–H groups in total. The second kappa shape index (κ2) is 6.22. The van der Waals surface area contributed by atoms with Crippen LogP contribution in [-0.4, -0.2) is 5.91 Å². The highest BCUT2D eigenvalue weighted by Crippen LogP contribution is 2.18. The van der Waals surface area contributed by atoms with E-state index in [0.29, 0.717) is 5.56 Å². The van der Waals surface area contributed by atoms with Crippen molar-refractivity contribution in [3.8, 4) is 0 Å². The molecule has 3 heteroatoms. The van der Waals surface area contributed by atoms with Gasteiger partial charge in [0, 0.05) is 11.8 Å². The molecule has 0 saturated heterocycles.